The second-order valence-electron chi connectivity index (χ2n) is 13.2. The molecule has 4 amide bonds. The molecule has 0 unspecified atom stereocenters. The van der Waals surface area contributed by atoms with E-state index in [1.165, 1.54) is 82.0 Å². The number of unbranched alkanes of at least 4 members (excludes halogenated alkanes) is 4. The van der Waals surface area contributed by atoms with Crippen molar-refractivity contribution < 1.29 is 45.7 Å². The van der Waals surface area contributed by atoms with Crippen LogP contribution in [0.15, 0.2) is 0 Å². The molecule has 2 aliphatic rings. The van der Waals surface area contributed by atoms with Crippen LogP contribution >= 0.6 is 0 Å². The first kappa shape index (κ1) is 41.8. The van der Waals surface area contributed by atoms with E-state index in [0.29, 0.717) is 11.5 Å². The van der Waals surface area contributed by atoms with Gasteiger partial charge in [-0.15, -0.1) is 0 Å². The Kier molecular flexibility index (Phi) is 19.0. The Balaban J connectivity index is 0.000000533. The van der Waals surface area contributed by atoms with Gasteiger partial charge in [-0.2, -0.15) is 9.35 Å². The molecule has 0 saturated carbocycles. The maximum atomic E-state index is 12.3. The predicted molar refractivity (Wildman–Crippen MR) is 174 cm³/mol. The zero-order chi connectivity index (χ0) is 34.8. The number of hydrogen-bond donors (Lipinski definition) is 2. The number of hydrogen-bond acceptors (Lipinski definition) is 9. The van der Waals surface area contributed by atoms with Crippen molar-refractivity contribution in [2.45, 2.75) is 137 Å². The zero-order valence-electron chi connectivity index (χ0n) is 29.3. The average molecular weight is 680 g/mol. The van der Waals surface area contributed by atoms with Gasteiger partial charge in [-0.25, -0.2) is 23.5 Å². The molecule has 0 radical (unpaired) electrons. The second kappa shape index (κ2) is 20.9. The number of hydroxylamine groups is 3. The Labute approximate surface area is 277 Å². The average Bonchev–Trinajstić information content (AvgIpc) is 3.20. The number of ether oxygens (including phenoxy) is 1. The van der Waals surface area contributed by atoms with Crippen molar-refractivity contribution in [3.05, 3.63) is 0 Å². The summed E-state index contributed by atoms with van der Waals surface area (Å²) in [5.74, 6) is -0.580. The standard InChI is InChI=1S/C16H36N.C15H26N4O9S/c1-5-9-13-17(14-10-6-2,15-11-7-3)16-12-8-4;1-15(2,3)27-13(21)16-7-4-8-26-17-12(20)11-6-5-10-9-18(11)14(22)19(10)28-29(23,24)25/h5-16H2,1-4H3;10-11H,4-9H2,1-3H3,(H,16,21)(H,17,20)(H,23,24,25)/q+1;/p-1/t;10-,11+/m.1/s1. The van der Waals surface area contributed by atoms with Crippen molar-refractivity contribution in [1.82, 2.24) is 20.8 Å². The maximum Gasteiger partial charge on any atom is 0.407 e. The number of rotatable bonds is 20. The molecule has 270 valence electrons. The summed E-state index contributed by atoms with van der Waals surface area (Å²) >= 11 is 0. The van der Waals surface area contributed by atoms with E-state index in [1.807, 2.05) is 0 Å². The van der Waals surface area contributed by atoms with Crippen molar-refractivity contribution in [1.29, 1.82) is 0 Å². The summed E-state index contributed by atoms with van der Waals surface area (Å²) in [6.07, 6.45) is 11.4. The van der Waals surface area contributed by atoms with Gasteiger partial charge in [-0.05, 0) is 65.7 Å². The van der Waals surface area contributed by atoms with Gasteiger partial charge in [0.1, 0.15) is 11.6 Å². The lowest BCUT2D eigenvalue weighted by molar-refractivity contribution is -0.929. The molecule has 0 aromatic rings. The fraction of sp³-hybridized carbons (Fsp3) is 0.903. The highest BCUT2D eigenvalue weighted by atomic mass is 32.3. The molecule has 0 aliphatic carbocycles. The first-order chi connectivity index (χ1) is 21.6. The van der Waals surface area contributed by atoms with Crippen LogP contribution in [0.5, 0.6) is 0 Å². The van der Waals surface area contributed by atoms with Crippen molar-refractivity contribution in [3.8, 4) is 0 Å². The minimum absolute atomic E-state index is 0.0618. The van der Waals surface area contributed by atoms with E-state index in [1.54, 1.807) is 20.8 Å². The van der Waals surface area contributed by atoms with E-state index in [0.717, 1.165) is 4.90 Å². The van der Waals surface area contributed by atoms with E-state index in [-0.39, 0.29) is 32.5 Å². The van der Waals surface area contributed by atoms with Crippen LogP contribution < -0.4 is 10.8 Å². The topological polar surface area (TPSA) is 167 Å². The minimum Gasteiger partial charge on any atom is -0.724 e. The summed E-state index contributed by atoms with van der Waals surface area (Å²) in [6, 6.07) is -2.36. The van der Waals surface area contributed by atoms with Gasteiger partial charge in [0.05, 0.1) is 38.8 Å². The monoisotopic (exact) mass is 679 g/mol. The number of nitrogens with one attached hydrogen (secondary N) is 2. The molecule has 0 aromatic heterocycles. The molecule has 2 N–H and O–H groups in total. The first-order valence-electron chi connectivity index (χ1n) is 17.1. The number of quaternary nitrogens is 1. The van der Waals surface area contributed by atoms with Crippen molar-refractivity contribution >= 4 is 28.4 Å². The van der Waals surface area contributed by atoms with Crippen LogP contribution in [-0.2, 0) is 29.1 Å². The zero-order valence-corrected chi connectivity index (χ0v) is 30.1. The smallest absolute Gasteiger partial charge is 0.407 e. The van der Waals surface area contributed by atoms with Crippen LogP contribution in [0, 0.1) is 0 Å². The van der Waals surface area contributed by atoms with Gasteiger partial charge >= 0.3 is 12.1 Å². The molecule has 14 nitrogen and oxygen atoms in total. The fourth-order valence-electron chi connectivity index (χ4n) is 5.59. The second-order valence-corrected chi connectivity index (χ2v) is 14.2. The molecule has 2 heterocycles. The number of piperidine rings is 1. The van der Waals surface area contributed by atoms with E-state index in [4.69, 9.17) is 9.57 Å². The number of carbonyl (C=O) groups excluding carboxylic acids is 3. The summed E-state index contributed by atoms with van der Waals surface area (Å²) in [4.78, 5) is 42.1. The third kappa shape index (κ3) is 16.1. The Morgan fingerprint density at radius 3 is 1.89 bits per heavy atom. The molecule has 0 aromatic carbocycles. The molecule has 2 atom stereocenters. The van der Waals surface area contributed by atoms with Gasteiger partial charge < -0.3 is 24.0 Å². The largest absolute Gasteiger partial charge is 0.724 e. The van der Waals surface area contributed by atoms with E-state index in [2.05, 4.69) is 42.8 Å². The summed E-state index contributed by atoms with van der Waals surface area (Å²) < 4.78 is 42.9. The SMILES string of the molecule is CC(C)(C)OC(=O)NCCCONC(=O)[C@@H]1CC[C@@H]2CN1C(=O)N2OS(=O)(=O)[O-].CCCC[N+](CCCC)(CCCC)CCCC. The maximum absolute atomic E-state index is 12.3. The van der Waals surface area contributed by atoms with Gasteiger partial charge in [0, 0.05) is 13.1 Å². The highest BCUT2D eigenvalue weighted by molar-refractivity contribution is 7.80. The number of alkyl carbamates (subject to hydrolysis) is 1. The fourth-order valence-corrected chi connectivity index (χ4v) is 5.97. The van der Waals surface area contributed by atoms with Gasteiger partial charge in [-0.1, -0.05) is 53.4 Å². The van der Waals surface area contributed by atoms with Crippen molar-refractivity contribution in [2.75, 3.05) is 45.9 Å². The molecule has 15 heteroatoms. The van der Waals surface area contributed by atoms with Gasteiger partial charge in [0.2, 0.25) is 10.4 Å². The quantitative estimate of drug-likeness (QED) is 0.0614. The number of carbonyl (C=O) groups is 3. The van der Waals surface area contributed by atoms with E-state index >= 15 is 0 Å². The third-order valence-electron chi connectivity index (χ3n) is 8.01. The highest BCUT2D eigenvalue weighted by Gasteiger charge is 2.48. The number of nitrogens with zero attached hydrogens (tertiary/aromatic N) is 3. The molecule has 2 rings (SSSR count). The minimum atomic E-state index is -5.09. The van der Waals surface area contributed by atoms with Gasteiger partial charge in [0.15, 0.2) is 0 Å². The summed E-state index contributed by atoms with van der Waals surface area (Å²) in [5, 5.41) is 3.04. The molecule has 2 saturated heterocycles. The van der Waals surface area contributed by atoms with Crippen LogP contribution in [0.4, 0.5) is 9.59 Å². The van der Waals surface area contributed by atoms with E-state index < -0.39 is 46.1 Å². The van der Waals surface area contributed by atoms with Crippen molar-refractivity contribution in [2.24, 2.45) is 0 Å². The van der Waals surface area contributed by atoms with Crippen LogP contribution in [0.3, 0.4) is 0 Å². The molecule has 2 aliphatic heterocycles. The normalized spacial score (nSPS) is 18.2. The Morgan fingerprint density at radius 1 is 0.913 bits per heavy atom. The first-order valence-corrected chi connectivity index (χ1v) is 18.4. The number of amides is 4. The summed E-state index contributed by atoms with van der Waals surface area (Å²) in [7, 11) is -5.09. The van der Waals surface area contributed by atoms with Crippen LogP contribution in [-0.4, -0.2) is 109 Å². The van der Waals surface area contributed by atoms with Crippen molar-refractivity contribution in [3.63, 3.8) is 0 Å². The lowest BCUT2D eigenvalue weighted by atomic mass is 10.0. The molecule has 2 bridgehead atoms. The molecule has 46 heavy (non-hydrogen) atoms. The third-order valence-corrected chi connectivity index (χ3v) is 8.35. The number of fused-ring (bicyclic) bond motifs is 2. The van der Waals surface area contributed by atoms with Gasteiger partial charge in [0.25, 0.3) is 5.91 Å². The molecule has 2 fully saturated rings. The predicted octanol–water partition coefficient (Wildman–Crippen LogP) is 4.61. The van der Waals surface area contributed by atoms with Gasteiger partial charge in [-0.3, -0.25) is 9.63 Å². The lowest BCUT2D eigenvalue weighted by Gasteiger charge is -2.39. The number of urea groups is 1. The summed E-state index contributed by atoms with van der Waals surface area (Å²) in [6.45, 7) is 20.7. The Hall–Kier alpha value is -2.20. The van der Waals surface area contributed by atoms with E-state index in [9.17, 15) is 27.4 Å². The van der Waals surface area contributed by atoms with Crippen LogP contribution in [0.25, 0.3) is 0 Å². The lowest BCUT2D eigenvalue weighted by Crippen LogP contribution is -2.50. The van der Waals surface area contributed by atoms with Crippen LogP contribution in [0.2, 0.25) is 0 Å². The summed E-state index contributed by atoms with van der Waals surface area (Å²) in [5.41, 5.74) is 1.63. The Bertz CT molecular complexity index is 985. The highest BCUT2D eigenvalue weighted by Crippen LogP contribution is 2.30. The van der Waals surface area contributed by atoms with Crippen LogP contribution in [0.1, 0.15) is 119 Å². The molecular formula is C31H61N5O9S. The molecule has 0 spiro atoms. The Morgan fingerprint density at radius 2 is 1.43 bits per heavy atom. The molecular weight excluding hydrogens is 618 g/mol.